The first-order chi connectivity index (χ1) is 11.1. The van der Waals surface area contributed by atoms with Crippen LogP contribution in [-0.4, -0.2) is 14.8 Å². The monoisotopic (exact) mass is 307 g/mol. The van der Waals surface area contributed by atoms with E-state index in [1.165, 1.54) is 55.5 Å². The second-order valence-corrected chi connectivity index (χ2v) is 8.47. The first kappa shape index (κ1) is 13.8. The van der Waals surface area contributed by atoms with Gasteiger partial charge >= 0.3 is 0 Å². The molecule has 0 amide bonds. The van der Waals surface area contributed by atoms with Crippen LogP contribution in [0.5, 0.6) is 0 Å². The van der Waals surface area contributed by atoms with Gasteiger partial charge in [-0.3, -0.25) is 0 Å². The molecule has 1 aromatic heterocycles. The first-order valence-corrected chi connectivity index (χ1v) is 9.10. The molecule has 0 spiro atoms. The van der Waals surface area contributed by atoms with Gasteiger partial charge in [0.15, 0.2) is 5.82 Å². The SMILES string of the molecule is Cc1ccc(-c2nnc(C34CC5CC(CC(C5)C3)C4)n2C)cc1. The summed E-state index contributed by atoms with van der Waals surface area (Å²) in [5.41, 5.74) is 2.79. The maximum Gasteiger partial charge on any atom is 0.163 e. The number of hydrogen-bond acceptors (Lipinski definition) is 2. The van der Waals surface area contributed by atoms with E-state index in [1.807, 2.05) is 0 Å². The zero-order valence-electron chi connectivity index (χ0n) is 14.1. The number of rotatable bonds is 2. The molecule has 0 radical (unpaired) electrons. The van der Waals surface area contributed by atoms with E-state index < -0.39 is 0 Å². The van der Waals surface area contributed by atoms with Crippen molar-refractivity contribution in [2.45, 2.75) is 50.9 Å². The Morgan fingerprint density at radius 1 is 0.913 bits per heavy atom. The van der Waals surface area contributed by atoms with Crippen molar-refractivity contribution < 1.29 is 0 Å². The van der Waals surface area contributed by atoms with Gasteiger partial charge in [0.05, 0.1) is 0 Å². The standard InChI is InChI=1S/C20H25N3/c1-13-3-5-17(6-4-13)18-21-22-19(23(18)2)20-10-14-7-15(11-20)9-16(8-14)12-20/h3-6,14-16H,7-12H2,1-2H3. The van der Waals surface area contributed by atoms with Gasteiger partial charge in [-0.1, -0.05) is 29.8 Å². The van der Waals surface area contributed by atoms with Crippen molar-refractivity contribution in [3.8, 4) is 11.4 Å². The fraction of sp³-hybridized carbons (Fsp3) is 0.600. The lowest BCUT2D eigenvalue weighted by molar-refractivity contribution is -0.0107. The van der Waals surface area contributed by atoms with E-state index in [-0.39, 0.29) is 0 Å². The smallest absolute Gasteiger partial charge is 0.163 e. The number of benzene rings is 1. The molecule has 4 aliphatic rings. The molecule has 4 bridgehead atoms. The molecule has 3 nitrogen and oxygen atoms in total. The number of aromatic nitrogens is 3. The normalized spacial score (nSPS) is 35.0. The van der Waals surface area contributed by atoms with Gasteiger partial charge in [-0.25, -0.2) is 0 Å². The summed E-state index contributed by atoms with van der Waals surface area (Å²) in [6.45, 7) is 2.13. The highest BCUT2D eigenvalue weighted by molar-refractivity contribution is 5.56. The molecule has 4 aliphatic carbocycles. The molecular formula is C20H25N3. The Morgan fingerprint density at radius 3 is 2.04 bits per heavy atom. The summed E-state index contributed by atoms with van der Waals surface area (Å²) in [6, 6.07) is 8.66. The number of hydrogen-bond donors (Lipinski definition) is 0. The molecule has 6 rings (SSSR count). The maximum absolute atomic E-state index is 4.72. The van der Waals surface area contributed by atoms with Crippen molar-refractivity contribution in [1.29, 1.82) is 0 Å². The molecule has 120 valence electrons. The van der Waals surface area contributed by atoms with Gasteiger partial charge in [0.1, 0.15) is 5.82 Å². The highest BCUT2D eigenvalue weighted by atomic mass is 15.3. The summed E-state index contributed by atoms with van der Waals surface area (Å²) in [7, 11) is 2.17. The molecule has 0 aliphatic heterocycles. The van der Waals surface area contributed by atoms with E-state index in [0.29, 0.717) is 5.41 Å². The van der Waals surface area contributed by atoms with Crippen molar-refractivity contribution in [3.63, 3.8) is 0 Å². The molecule has 4 fully saturated rings. The second-order valence-electron chi connectivity index (χ2n) is 8.47. The molecule has 0 atom stereocenters. The average molecular weight is 307 g/mol. The molecule has 23 heavy (non-hydrogen) atoms. The third kappa shape index (κ3) is 2.02. The zero-order valence-corrected chi connectivity index (χ0v) is 14.1. The Labute approximate surface area is 138 Å². The Balaban J connectivity index is 1.56. The third-order valence-electron chi connectivity index (χ3n) is 6.70. The summed E-state index contributed by atoms with van der Waals surface area (Å²) in [6.07, 6.45) is 8.46. The molecule has 2 aromatic rings. The summed E-state index contributed by atoms with van der Waals surface area (Å²) >= 11 is 0. The van der Waals surface area contributed by atoms with Crippen LogP contribution in [0.2, 0.25) is 0 Å². The van der Waals surface area contributed by atoms with Gasteiger partial charge in [-0.15, -0.1) is 10.2 Å². The molecule has 0 saturated heterocycles. The van der Waals surface area contributed by atoms with Crippen LogP contribution >= 0.6 is 0 Å². The third-order valence-corrected chi connectivity index (χ3v) is 6.70. The lowest BCUT2D eigenvalue weighted by atomic mass is 9.49. The predicted octanol–water partition coefficient (Wildman–Crippen LogP) is 4.26. The van der Waals surface area contributed by atoms with E-state index in [2.05, 4.69) is 47.9 Å². The fourth-order valence-electron chi connectivity index (χ4n) is 6.13. The highest BCUT2D eigenvalue weighted by Crippen LogP contribution is 2.60. The van der Waals surface area contributed by atoms with Crippen LogP contribution in [0.1, 0.15) is 49.9 Å². The number of nitrogens with zero attached hydrogens (tertiary/aromatic N) is 3. The van der Waals surface area contributed by atoms with E-state index in [9.17, 15) is 0 Å². The molecule has 0 N–H and O–H groups in total. The largest absolute Gasteiger partial charge is 0.314 e. The second kappa shape index (κ2) is 4.68. The Morgan fingerprint density at radius 2 is 1.48 bits per heavy atom. The Kier molecular flexibility index (Phi) is 2.80. The van der Waals surface area contributed by atoms with Crippen LogP contribution < -0.4 is 0 Å². The van der Waals surface area contributed by atoms with Crippen molar-refractivity contribution in [2.24, 2.45) is 24.8 Å². The summed E-state index contributed by atoms with van der Waals surface area (Å²) in [4.78, 5) is 0. The van der Waals surface area contributed by atoms with Crippen LogP contribution in [-0.2, 0) is 12.5 Å². The molecule has 1 heterocycles. The lowest BCUT2D eigenvalue weighted by Crippen LogP contribution is -2.49. The molecule has 0 unspecified atom stereocenters. The topological polar surface area (TPSA) is 30.7 Å². The van der Waals surface area contributed by atoms with Gasteiger partial charge in [0, 0.05) is 18.0 Å². The number of aryl methyl sites for hydroxylation is 1. The van der Waals surface area contributed by atoms with Crippen molar-refractivity contribution in [2.75, 3.05) is 0 Å². The Hall–Kier alpha value is -1.64. The van der Waals surface area contributed by atoms with E-state index in [4.69, 9.17) is 5.10 Å². The van der Waals surface area contributed by atoms with Crippen LogP contribution in [0, 0.1) is 24.7 Å². The first-order valence-electron chi connectivity index (χ1n) is 9.10. The minimum Gasteiger partial charge on any atom is -0.314 e. The fourth-order valence-corrected chi connectivity index (χ4v) is 6.13. The van der Waals surface area contributed by atoms with Crippen LogP contribution in [0.3, 0.4) is 0 Å². The summed E-state index contributed by atoms with van der Waals surface area (Å²) in [5.74, 6) is 5.12. The molecular weight excluding hydrogens is 282 g/mol. The highest BCUT2D eigenvalue weighted by Gasteiger charge is 2.53. The van der Waals surface area contributed by atoms with Gasteiger partial charge in [-0.05, 0) is 63.2 Å². The van der Waals surface area contributed by atoms with Crippen molar-refractivity contribution in [3.05, 3.63) is 35.7 Å². The van der Waals surface area contributed by atoms with Gasteiger partial charge in [0.25, 0.3) is 0 Å². The van der Waals surface area contributed by atoms with Crippen LogP contribution in [0.15, 0.2) is 24.3 Å². The lowest BCUT2D eigenvalue weighted by Gasteiger charge is -2.56. The minimum absolute atomic E-state index is 0.319. The summed E-state index contributed by atoms with van der Waals surface area (Å²) < 4.78 is 2.29. The van der Waals surface area contributed by atoms with Gasteiger partial charge in [-0.2, -0.15) is 0 Å². The van der Waals surface area contributed by atoms with Crippen molar-refractivity contribution in [1.82, 2.24) is 14.8 Å². The quantitative estimate of drug-likeness (QED) is 0.830. The predicted molar refractivity (Wildman–Crippen MR) is 91.0 cm³/mol. The zero-order chi connectivity index (χ0) is 15.6. The minimum atomic E-state index is 0.319. The summed E-state index contributed by atoms with van der Waals surface area (Å²) in [5, 5.41) is 9.30. The van der Waals surface area contributed by atoms with E-state index in [0.717, 1.165) is 23.6 Å². The van der Waals surface area contributed by atoms with Gasteiger partial charge in [0.2, 0.25) is 0 Å². The maximum atomic E-state index is 4.72. The van der Waals surface area contributed by atoms with Crippen molar-refractivity contribution >= 4 is 0 Å². The van der Waals surface area contributed by atoms with E-state index in [1.54, 1.807) is 0 Å². The molecule has 3 heteroatoms. The Bertz CT molecular complexity index is 705. The van der Waals surface area contributed by atoms with Gasteiger partial charge < -0.3 is 4.57 Å². The average Bonchev–Trinajstić information content (AvgIpc) is 2.89. The van der Waals surface area contributed by atoms with Crippen LogP contribution in [0.4, 0.5) is 0 Å². The molecule has 1 aromatic carbocycles. The van der Waals surface area contributed by atoms with E-state index >= 15 is 0 Å². The van der Waals surface area contributed by atoms with Crippen LogP contribution in [0.25, 0.3) is 11.4 Å². The molecule has 4 saturated carbocycles.